The van der Waals surface area contributed by atoms with Crippen molar-refractivity contribution in [3.8, 4) is 0 Å². The Balaban J connectivity index is 2.23. The lowest BCUT2D eigenvalue weighted by Gasteiger charge is -2.12. The summed E-state index contributed by atoms with van der Waals surface area (Å²) in [7, 11) is 0. The van der Waals surface area contributed by atoms with Gasteiger partial charge in [0.05, 0.1) is 0 Å². The Morgan fingerprint density at radius 3 is 2.70 bits per heavy atom. The maximum Gasteiger partial charge on any atom is 0.224 e. The summed E-state index contributed by atoms with van der Waals surface area (Å²) >= 11 is 0. The molecule has 0 bridgehead atoms. The lowest BCUT2D eigenvalue weighted by atomic mass is 10.2. The largest absolute Gasteiger partial charge is 0.354 e. The monoisotopic (exact) mass is 274 g/mol. The van der Waals surface area contributed by atoms with Gasteiger partial charge in [0, 0.05) is 24.0 Å². The van der Waals surface area contributed by atoms with Crippen LogP contribution in [0.25, 0.3) is 0 Å². The highest BCUT2D eigenvalue weighted by atomic mass is 19.1. The first-order chi connectivity index (χ1) is 9.60. The molecule has 2 N–H and O–H groups in total. The van der Waals surface area contributed by atoms with E-state index in [4.69, 9.17) is 0 Å². The van der Waals surface area contributed by atoms with Crippen molar-refractivity contribution in [2.75, 3.05) is 17.2 Å². The van der Waals surface area contributed by atoms with Gasteiger partial charge in [-0.15, -0.1) is 0 Å². The van der Waals surface area contributed by atoms with Gasteiger partial charge in [-0.2, -0.15) is 4.98 Å². The molecule has 0 unspecified atom stereocenters. The number of hydrogen-bond acceptors (Lipinski definition) is 4. The predicted molar refractivity (Wildman–Crippen MR) is 80.0 cm³/mol. The quantitative estimate of drug-likeness (QED) is 0.870. The Morgan fingerprint density at radius 2 is 2.00 bits per heavy atom. The van der Waals surface area contributed by atoms with Crippen LogP contribution < -0.4 is 10.6 Å². The molecule has 4 nitrogen and oxygen atoms in total. The van der Waals surface area contributed by atoms with E-state index >= 15 is 0 Å². The van der Waals surface area contributed by atoms with Crippen molar-refractivity contribution >= 4 is 17.5 Å². The van der Waals surface area contributed by atoms with Crippen LogP contribution in [0.2, 0.25) is 0 Å². The van der Waals surface area contributed by atoms with Crippen LogP contribution in [0.4, 0.5) is 21.8 Å². The van der Waals surface area contributed by atoms with E-state index < -0.39 is 0 Å². The van der Waals surface area contributed by atoms with E-state index in [-0.39, 0.29) is 5.82 Å². The molecule has 0 saturated heterocycles. The first kappa shape index (κ1) is 14.2. The second kappa shape index (κ2) is 6.32. The zero-order chi connectivity index (χ0) is 14.5. The molecule has 2 rings (SSSR count). The molecule has 0 spiro atoms. The Labute approximate surface area is 118 Å². The van der Waals surface area contributed by atoms with Crippen molar-refractivity contribution in [1.82, 2.24) is 9.97 Å². The van der Waals surface area contributed by atoms with Crippen molar-refractivity contribution in [3.05, 3.63) is 41.3 Å². The van der Waals surface area contributed by atoms with Crippen LogP contribution >= 0.6 is 0 Å². The molecule has 0 aliphatic rings. The molecule has 0 aliphatic heterocycles. The zero-order valence-electron chi connectivity index (χ0n) is 12.0. The molecule has 0 saturated carbocycles. The maximum atomic E-state index is 13.1. The molecule has 0 aliphatic carbocycles. The van der Waals surface area contributed by atoms with Crippen LogP contribution in [-0.4, -0.2) is 16.5 Å². The highest BCUT2D eigenvalue weighted by Crippen LogP contribution is 2.22. The third kappa shape index (κ3) is 3.44. The number of benzene rings is 1. The molecule has 0 atom stereocenters. The molecule has 20 heavy (non-hydrogen) atoms. The van der Waals surface area contributed by atoms with Crippen molar-refractivity contribution in [2.24, 2.45) is 0 Å². The predicted octanol–water partition coefficient (Wildman–Crippen LogP) is 3.80. The number of aryl methyl sites for hydroxylation is 2. The average molecular weight is 274 g/mol. The molecule has 1 aromatic heterocycles. The third-order valence-corrected chi connectivity index (χ3v) is 2.95. The van der Waals surface area contributed by atoms with Gasteiger partial charge in [0.25, 0.3) is 0 Å². The summed E-state index contributed by atoms with van der Waals surface area (Å²) in [5.41, 5.74) is 2.62. The summed E-state index contributed by atoms with van der Waals surface area (Å²) in [6.07, 6.45) is 2.78. The van der Waals surface area contributed by atoms with Crippen molar-refractivity contribution in [2.45, 2.75) is 27.2 Å². The first-order valence-electron chi connectivity index (χ1n) is 6.71. The summed E-state index contributed by atoms with van der Waals surface area (Å²) in [5, 5.41) is 6.38. The normalized spacial score (nSPS) is 10.4. The molecular formula is C15H19FN4. The van der Waals surface area contributed by atoms with Gasteiger partial charge in [0.15, 0.2) is 0 Å². The van der Waals surface area contributed by atoms with Gasteiger partial charge >= 0.3 is 0 Å². The van der Waals surface area contributed by atoms with Gasteiger partial charge in [0.2, 0.25) is 5.95 Å². The molecular weight excluding hydrogens is 255 g/mol. The number of nitrogens with zero attached hydrogens (tertiary/aromatic N) is 2. The van der Waals surface area contributed by atoms with Gasteiger partial charge in [-0.1, -0.05) is 6.92 Å². The van der Waals surface area contributed by atoms with E-state index in [1.807, 2.05) is 13.8 Å². The fraction of sp³-hybridized carbons (Fsp3) is 0.333. The summed E-state index contributed by atoms with van der Waals surface area (Å²) < 4.78 is 13.1. The lowest BCUT2D eigenvalue weighted by Crippen LogP contribution is -2.07. The van der Waals surface area contributed by atoms with E-state index in [0.717, 1.165) is 35.6 Å². The third-order valence-electron chi connectivity index (χ3n) is 2.95. The number of anilines is 3. The summed E-state index contributed by atoms with van der Waals surface area (Å²) in [4.78, 5) is 8.67. The van der Waals surface area contributed by atoms with Crippen molar-refractivity contribution in [3.63, 3.8) is 0 Å². The highest BCUT2D eigenvalue weighted by Gasteiger charge is 2.06. The summed E-state index contributed by atoms with van der Waals surface area (Å²) in [6.45, 7) is 6.71. The van der Waals surface area contributed by atoms with E-state index in [2.05, 4.69) is 27.5 Å². The second-order valence-corrected chi connectivity index (χ2v) is 4.74. The Morgan fingerprint density at radius 1 is 1.20 bits per heavy atom. The number of halogens is 1. The smallest absolute Gasteiger partial charge is 0.224 e. The van der Waals surface area contributed by atoms with Gasteiger partial charge in [-0.3, -0.25) is 0 Å². The van der Waals surface area contributed by atoms with E-state index in [0.29, 0.717) is 5.95 Å². The van der Waals surface area contributed by atoms with Crippen molar-refractivity contribution in [1.29, 1.82) is 0 Å². The number of nitrogens with one attached hydrogen (secondary N) is 2. The average Bonchev–Trinajstić information content (AvgIpc) is 2.42. The molecule has 0 fully saturated rings. The molecule has 106 valence electrons. The van der Waals surface area contributed by atoms with Gasteiger partial charge in [0.1, 0.15) is 11.6 Å². The molecule has 2 aromatic rings. The Hall–Kier alpha value is -2.17. The highest BCUT2D eigenvalue weighted by molar-refractivity contribution is 5.63. The first-order valence-corrected chi connectivity index (χ1v) is 6.71. The second-order valence-electron chi connectivity index (χ2n) is 4.74. The van der Waals surface area contributed by atoms with Crippen LogP contribution in [0, 0.1) is 19.7 Å². The van der Waals surface area contributed by atoms with Gasteiger partial charge in [-0.25, -0.2) is 9.37 Å². The SMILES string of the molecule is CCCNc1ncc(C)c(Nc2ccc(F)cc2C)n1. The molecule has 1 aromatic carbocycles. The minimum absolute atomic E-state index is 0.238. The molecule has 0 amide bonds. The van der Waals surface area contributed by atoms with Gasteiger partial charge < -0.3 is 10.6 Å². The van der Waals surface area contributed by atoms with Crippen LogP contribution in [0.5, 0.6) is 0 Å². The zero-order valence-corrected chi connectivity index (χ0v) is 12.0. The summed E-state index contributed by atoms with van der Waals surface area (Å²) in [5.74, 6) is 1.09. The minimum atomic E-state index is -0.238. The van der Waals surface area contributed by atoms with E-state index in [9.17, 15) is 4.39 Å². The lowest BCUT2D eigenvalue weighted by molar-refractivity contribution is 0.627. The fourth-order valence-corrected chi connectivity index (χ4v) is 1.79. The summed E-state index contributed by atoms with van der Waals surface area (Å²) in [6, 6.07) is 4.64. The fourth-order valence-electron chi connectivity index (χ4n) is 1.79. The van der Waals surface area contributed by atoms with Crippen molar-refractivity contribution < 1.29 is 4.39 Å². The molecule has 0 radical (unpaired) electrons. The molecule has 5 heteroatoms. The van der Waals surface area contributed by atoms with Gasteiger partial charge in [-0.05, 0) is 44.0 Å². The Kier molecular flexibility index (Phi) is 4.50. The van der Waals surface area contributed by atoms with Crippen LogP contribution in [0.3, 0.4) is 0 Å². The number of hydrogen-bond donors (Lipinski definition) is 2. The van der Waals surface area contributed by atoms with Crippen LogP contribution in [0.1, 0.15) is 24.5 Å². The Bertz CT molecular complexity index is 598. The van der Waals surface area contributed by atoms with Crippen LogP contribution in [0.15, 0.2) is 24.4 Å². The minimum Gasteiger partial charge on any atom is -0.354 e. The maximum absolute atomic E-state index is 13.1. The topological polar surface area (TPSA) is 49.8 Å². The number of aromatic nitrogens is 2. The van der Waals surface area contributed by atoms with E-state index in [1.165, 1.54) is 12.1 Å². The van der Waals surface area contributed by atoms with Crippen LogP contribution in [-0.2, 0) is 0 Å². The van der Waals surface area contributed by atoms with E-state index in [1.54, 1.807) is 12.3 Å². The number of rotatable bonds is 5. The molecule has 1 heterocycles. The standard InChI is InChI=1S/C15H19FN4/c1-4-7-17-15-18-9-11(3)14(20-15)19-13-6-5-12(16)8-10(13)2/h5-6,8-9H,4,7H2,1-3H3,(H2,17,18,19,20).